The van der Waals surface area contributed by atoms with Crippen molar-refractivity contribution in [1.82, 2.24) is 0 Å². The Kier molecular flexibility index (Phi) is 71.8. The van der Waals surface area contributed by atoms with Gasteiger partial charge in [-0.15, -0.1) is 0 Å². The van der Waals surface area contributed by atoms with Gasteiger partial charge in [0.2, 0.25) is 0 Å². The largest absolute Gasteiger partial charge is 0.472 e. The van der Waals surface area contributed by atoms with Gasteiger partial charge < -0.3 is 33.8 Å². The van der Waals surface area contributed by atoms with Crippen molar-refractivity contribution in [2.24, 2.45) is 17.8 Å². The van der Waals surface area contributed by atoms with Crippen molar-refractivity contribution in [3.05, 3.63) is 0 Å². The van der Waals surface area contributed by atoms with Crippen molar-refractivity contribution >= 4 is 39.5 Å². The molecule has 0 aromatic rings. The summed E-state index contributed by atoms with van der Waals surface area (Å²) >= 11 is 0. The molecule has 0 saturated carbocycles. The van der Waals surface area contributed by atoms with Crippen LogP contribution < -0.4 is 0 Å². The summed E-state index contributed by atoms with van der Waals surface area (Å²) in [7, 11) is -9.92. The number of unbranched alkanes of at least 4 members (excludes halogenated alkanes) is 48. The van der Waals surface area contributed by atoms with Gasteiger partial charge in [-0.25, -0.2) is 9.13 Å². The Morgan fingerprint density at radius 2 is 0.500 bits per heavy atom. The molecule has 0 fully saturated rings. The molecule has 19 heteroatoms. The van der Waals surface area contributed by atoms with Gasteiger partial charge in [0.15, 0.2) is 12.2 Å². The molecular weight excluding hydrogens is 1330 g/mol. The Morgan fingerprint density at radius 3 is 0.745 bits per heavy atom. The van der Waals surface area contributed by atoms with E-state index in [9.17, 15) is 43.2 Å². The van der Waals surface area contributed by atoms with E-state index in [2.05, 4.69) is 48.5 Å². The van der Waals surface area contributed by atoms with E-state index in [1.54, 1.807) is 0 Å². The third-order valence-electron chi connectivity index (χ3n) is 19.7. The molecule has 0 radical (unpaired) electrons. The minimum atomic E-state index is -4.96. The molecule has 0 aliphatic carbocycles. The average Bonchev–Trinajstić information content (AvgIpc) is 0.925. The molecule has 0 rings (SSSR count). The number of hydrogen-bond donors (Lipinski definition) is 3. The van der Waals surface area contributed by atoms with Gasteiger partial charge in [-0.05, 0) is 43.4 Å². The summed E-state index contributed by atoms with van der Waals surface area (Å²) in [5.74, 6) is 0.231. The zero-order valence-electron chi connectivity index (χ0n) is 67.1. The zero-order chi connectivity index (χ0) is 75.1. The summed E-state index contributed by atoms with van der Waals surface area (Å²) in [6, 6.07) is 0. The highest BCUT2D eigenvalue weighted by Crippen LogP contribution is 2.45. The number of phosphoric acid groups is 2. The maximum absolute atomic E-state index is 13.1. The molecule has 0 bridgehead atoms. The van der Waals surface area contributed by atoms with E-state index < -0.39 is 97.5 Å². The first-order valence-electron chi connectivity index (χ1n) is 42.9. The molecule has 3 unspecified atom stereocenters. The highest BCUT2D eigenvalue weighted by molar-refractivity contribution is 7.47. The van der Waals surface area contributed by atoms with Crippen molar-refractivity contribution in [3.63, 3.8) is 0 Å². The summed E-state index contributed by atoms with van der Waals surface area (Å²) in [5.41, 5.74) is 0. The van der Waals surface area contributed by atoms with Crippen LogP contribution in [0.5, 0.6) is 0 Å². The summed E-state index contributed by atoms with van der Waals surface area (Å²) in [6.07, 6.45) is 62.4. The van der Waals surface area contributed by atoms with E-state index >= 15 is 0 Å². The van der Waals surface area contributed by atoms with Crippen LogP contribution in [-0.2, 0) is 65.4 Å². The summed E-state index contributed by atoms with van der Waals surface area (Å²) in [6.45, 7) is 12.0. The van der Waals surface area contributed by atoms with Crippen molar-refractivity contribution < 1.29 is 80.2 Å². The molecule has 0 aromatic heterocycles. The fraction of sp³-hybridized carbons (Fsp3) is 0.952. The normalized spacial score (nSPS) is 14.2. The van der Waals surface area contributed by atoms with E-state index in [4.69, 9.17) is 37.0 Å². The Labute approximate surface area is 626 Å². The molecule has 0 spiro atoms. The third kappa shape index (κ3) is 74.9. The Morgan fingerprint density at radius 1 is 0.284 bits per heavy atom. The Balaban J connectivity index is 5.24. The SMILES string of the molecule is CCCCCCCCCCCCCCCCCCC(=O)O[C@H](COC(=O)CCCCCCCCC(C)CC)COP(=O)(O)OC[C@H](O)COP(=O)(O)OC[C@@H](COC(=O)CCCCCCCCCCCCCCCCC(C)C)OC(=O)CCCCCCCCCCCCCCCCCCC(C)C. The van der Waals surface area contributed by atoms with Crippen LogP contribution in [0.25, 0.3) is 0 Å². The van der Waals surface area contributed by atoms with E-state index in [1.165, 1.54) is 238 Å². The molecule has 17 nitrogen and oxygen atoms in total. The lowest BCUT2D eigenvalue weighted by atomic mass is 10.00. The summed E-state index contributed by atoms with van der Waals surface area (Å²) < 4.78 is 68.8. The van der Waals surface area contributed by atoms with Crippen molar-refractivity contribution in [2.45, 2.75) is 452 Å². The van der Waals surface area contributed by atoms with Gasteiger partial charge in [-0.2, -0.15) is 0 Å². The molecule has 0 aromatic carbocycles. The van der Waals surface area contributed by atoms with Gasteiger partial charge in [-0.3, -0.25) is 37.3 Å². The molecule has 6 atom stereocenters. The minimum absolute atomic E-state index is 0.107. The number of aliphatic hydroxyl groups excluding tert-OH is 1. The second-order valence-electron chi connectivity index (χ2n) is 31.1. The van der Waals surface area contributed by atoms with Crippen LogP contribution in [0.4, 0.5) is 0 Å². The molecule has 0 aliphatic heterocycles. The van der Waals surface area contributed by atoms with E-state index in [-0.39, 0.29) is 25.7 Å². The molecular formula is C83H162O17P2. The molecule has 0 aliphatic rings. The first-order valence-corrected chi connectivity index (χ1v) is 45.9. The number of esters is 4. The van der Waals surface area contributed by atoms with Gasteiger partial charge in [-0.1, -0.05) is 382 Å². The first-order chi connectivity index (χ1) is 49.3. The predicted octanol–water partition coefficient (Wildman–Crippen LogP) is 24.9. The number of carbonyl (C=O) groups excluding carboxylic acids is 4. The van der Waals surface area contributed by atoms with Gasteiger partial charge in [0.1, 0.15) is 19.3 Å². The van der Waals surface area contributed by atoms with Crippen LogP contribution in [0.15, 0.2) is 0 Å². The summed E-state index contributed by atoms with van der Waals surface area (Å²) in [4.78, 5) is 73.1. The van der Waals surface area contributed by atoms with E-state index in [0.717, 1.165) is 114 Å². The average molecular weight is 1490 g/mol. The van der Waals surface area contributed by atoms with Crippen LogP contribution in [0.2, 0.25) is 0 Å². The number of hydrogen-bond acceptors (Lipinski definition) is 15. The van der Waals surface area contributed by atoms with Crippen LogP contribution in [0, 0.1) is 17.8 Å². The fourth-order valence-corrected chi connectivity index (χ4v) is 14.4. The van der Waals surface area contributed by atoms with E-state index in [1.807, 2.05) is 0 Å². The number of rotatable bonds is 81. The first kappa shape index (κ1) is 100. The lowest BCUT2D eigenvalue weighted by Gasteiger charge is -2.21. The monoisotopic (exact) mass is 1490 g/mol. The van der Waals surface area contributed by atoms with Crippen molar-refractivity contribution in [3.8, 4) is 0 Å². The standard InChI is InChI=1S/C83H162O17P2/c1-8-10-11-12-13-14-15-16-17-21-28-33-38-43-52-59-67-83(88)100-79(71-94-81(86)65-58-51-46-45-49-56-63-76(7)9-2)73-98-102(91,92)96-69-77(84)68-95-101(89,90)97-72-78(70-93-80(85)64-57-50-42-37-32-27-24-23-26-31-36-41-48-55-62-75(5)6)99-82(87)66-60-53-44-39-34-29-22-19-18-20-25-30-35-40-47-54-61-74(3)4/h74-79,84H,8-73H2,1-7H3,(H,89,90)(H,91,92)/t76?,77-,78-,79-/m1/s1. The smallest absolute Gasteiger partial charge is 0.462 e. The lowest BCUT2D eigenvalue weighted by Crippen LogP contribution is -2.30. The minimum Gasteiger partial charge on any atom is -0.462 e. The molecule has 0 amide bonds. The fourth-order valence-electron chi connectivity index (χ4n) is 12.8. The van der Waals surface area contributed by atoms with Crippen LogP contribution >= 0.6 is 15.6 Å². The van der Waals surface area contributed by atoms with Gasteiger partial charge >= 0.3 is 39.5 Å². The highest BCUT2D eigenvalue weighted by atomic mass is 31.2. The summed E-state index contributed by atoms with van der Waals surface area (Å²) in [5, 5.41) is 10.7. The van der Waals surface area contributed by atoms with Gasteiger partial charge in [0, 0.05) is 25.7 Å². The second kappa shape index (κ2) is 73.2. The van der Waals surface area contributed by atoms with E-state index in [0.29, 0.717) is 25.7 Å². The zero-order valence-corrected chi connectivity index (χ0v) is 68.9. The molecule has 0 saturated heterocycles. The maximum Gasteiger partial charge on any atom is 0.472 e. The Hall–Kier alpha value is -1.94. The van der Waals surface area contributed by atoms with Crippen LogP contribution in [0.3, 0.4) is 0 Å². The molecule has 102 heavy (non-hydrogen) atoms. The number of carbonyl (C=O) groups is 4. The van der Waals surface area contributed by atoms with Crippen molar-refractivity contribution in [2.75, 3.05) is 39.6 Å². The van der Waals surface area contributed by atoms with Crippen LogP contribution in [-0.4, -0.2) is 96.7 Å². The number of aliphatic hydroxyl groups is 1. The van der Waals surface area contributed by atoms with Gasteiger partial charge in [0.25, 0.3) is 0 Å². The Bertz CT molecular complexity index is 1980. The second-order valence-corrected chi connectivity index (χ2v) is 34.0. The molecule has 606 valence electrons. The number of ether oxygens (including phenoxy) is 4. The highest BCUT2D eigenvalue weighted by Gasteiger charge is 2.30. The number of phosphoric ester groups is 2. The maximum atomic E-state index is 13.1. The van der Waals surface area contributed by atoms with Crippen LogP contribution in [0.1, 0.15) is 434 Å². The quantitative estimate of drug-likeness (QED) is 0.0222. The predicted molar refractivity (Wildman–Crippen MR) is 418 cm³/mol. The third-order valence-corrected chi connectivity index (χ3v) is 21.6. The lowest BCUT2D eigenvalue weighted by molar-refractivity contribution is -0.161. The van der Waals surface area contributed by atoms with Crippen molar-refractivity contribution in [1.29, 1.82) is 0 Å². The molecule has 3 N–H and O–H groups in total. The molecule has 0 heterocycles. The topological polar surface area (TPSA) is 237 Å². The van der Waals surface area contributed by atoms with Gasteiger partial charge in [0.05, 0.1) is 26.4 Å².